The second-order valence-electron chi connectivity index (χ2n) is 9.31. The van der Waals surface area contributed by atoms with Crippen LogP contribution in [0.5, 0.6) is 5.75 Å². The minimum atomic E-state index is -0.215. The number of ether oxygens (including phenoxy) is 1. The SMILES string of the molecule is COc1cccc(N2C(=O)/C(=C/c3ccc(C(C)C)cc3)N=C2SCC(=O)N2CCCC[C@H]2C)c1. The highest BCUT2D eigenvalue weighted by atomic mass is 32.2. The molecule has 0 saturated carbocycles. The van der Waals surface area contributed by atoms with Gasteiger partial charge in [0.25, 0.3) is 5.91 Å². The Morgan fingerprint density at radius 2 is 1.97 bits per heavy atom. The summed E-state index contributed by atoms with van der Waals surface area (Å²) in [5.74, 6) is 1.21. The second kappa shape index (κ2) is 11.1. The number of hydrogen-bond acceptors (Lipinski definition) is 5. The van der Waals surface area contributed by atoms with Gasteiger partial charge < -0.3 is 9.64 Å². The normalized spacial score (nSPS) is 19.5. The van der Waals surface area contributed by atoms with Gasteiger partial charge in [-0.2, -0.15) is 0 Å². The van der Waals surface area contributed by atoms with Crippen molar-refractivity contribution >= 4 is 40.5 Å². The molecule has 0 radical (unpaired) electrons. The monoisotopic (exact) mass is 491 g/mol. The summed E-state index contributed by atoms with van der Waals surface area (Å²) in [6.07, 6.45) is 5.05. The lowest BCUT2D eigenvalue weighted by Gasteiger charge is -2.33. The second-order valence-corrected chi connectivity index (χ2v) is 10.3. The lowest BCUT2D eigenvalue weighted by molar-refractivity contribution is -0.131. The van der Waals surface area contributed by atoms with Crippen LogP contribution < -0.4 is 9.64 Å². The van der Waals surface area contributed by atoms with Gasteiger partial charge in [-0.15, -0.1) is 0 Å². The van der Waals surface area contributed by atoms with Crippen molar-refractivity contribution in [2.24, 2.45) is 4.99 Å². The molecule has 2 amide bonds. The summed E-state index contributed by atoms with van der Waals surface area (Å²) >= 11 is 1.31. The first-order valence-corrected chi connectivity index (χ1v) is 13.2. The molecule has 184 valence electrons. The fourth-order valence-electron chi connectivity index (χ4n) is 4.38. The lowest BCUT2D eigenvalue weighted by atomic mass is 10.0. The van der Waals surface area contributed by atoms with E-state index in [9.17, 15) is 9.59 Å². The topological polar surface area (TPSA) is 62.2 Å². The average molecular weight is 492 g/mol. The molecule has 2 aromatic carbocycles. The Labute approximate surface area is 212 Å². The Balaban J connectivity index is 1.60. The van der Waals surface area contributed by atoms with E-state index in [-0.39, 0.29) is 23.6 Å². The zero-order chi connectivity index (χ0) is 24.9. The van der Waals surface area contributed by atoms with Gasteiger partial charge in [0.1, 0.15) is 11.4 Å². The Bertz CT molecular complexity index is 1140. The molecule has 0 aromatic heterocycles. The van der Waals surface area contributed by atoms with Gasteiger partial charge in [0, 0.05) is 18.7 Å². The third kappa shape index (κ3) is 5.78. The maximum Gasteiger partial charge on any atom is 0.283 e. The number of thioether (sulfide) groups is 1. The fraction of sp³-hybridized carbons (Fsp3) is 0.393. The molecule has 0 unspecified atom stereocenters. The highest BCUT2D eigenvalue weighted by Gasteiger charge is 2.33. The molecule has 0 bridgehead atoms. The third-order valence-electron chi connectivity index (χ3n) is 6.50. The summed E-state index contributed by atoms with van der Waals surface area (Å²) in [4.78, 5) is 34.7. The molecule has 1 atom stereocenters. The van der Waals surface area contributed by atoms with E-state index >= 15 is 0 Å². The number of piperidine rings is 1. The number of amides is 2. The number of likely N-dealkylation sites (tertiary alicyclic amines) is 1. The summed E-state index contributed by atoms with van der Waals surface area (Å²) in [6.45, 7) is 7.20. The lowest BCUT2D eigenvalue weighted by Crippen LogP contribution is -2.43. The molecule has 6 nitrogen and oxygen atoms in total. The number of carbonyl (C=O) groups excluding carboxylic acids is 2. The summed E-state index contributed by atoms with van der Waals surface area (Å²) in [7, 11) is 1.60. The zero-order valence-electron chi connectivity index (χ0n) is 20.9. The summed E-state index contributed by atoms with van der Waals surface area (Å²) in [5.41, 5.74) is 3.18. The Kier molecular flexibility index (Phi) is 7.96. The van der Waals surface area contributed by atoms with Gasteiger partial charge in [-0.05, 0) is 61.4 Å². The molecule has 7 heteroatoms. The highest BCUT2D eigenvalue weighted by Crippen LogP contribution is 2.32. The van der Waals surface area contributed by atoms with Crippen LogP contribution in [0.1, 0.15) is 57.1 Å². The van der Waals surface area contributed by atoms with Crippen molar-refractivity contribution in [2.75, 3.05) is 24.3 Å². The standard InChI is InChI=1S/C28H33N3O3S/c1-19(2)22-13-11-21(12-14-22)16-25-27(33)31(23-9-7-10-24(17-23)34-4)28(29-25)35-18-26(32)30-15-6-5-8-20(30)3/h7,9-14,16-17,19-20H,5-6,8,15,18H2,1-4H3/b25-16-/t20-/m1/s1. The van der Waals surface area contributed by atoms with Gasteiger partial charge in [-0.25, -0.2) is 4.99 Å². The minimum absolute atomic E-state index is 0.0876. The van der Waals surface area contributed by atoms with Crippen LogP contribution in [-0.2, 0) is 9.59 Å². The van der Waals surface area contributed by atoms with Crippen LogP contribution in [0.3, 0.4) is 0 Å². The van der Waals surface area contributed by atoms with Gasteiger partial charge in [0.05, 0.1) is 18.6 Å². The van der Waals surface area contributed by atoms with E-state index in [2.05, 4.69) is 37.9 Å². The number of methoxy groups -OCH3 is 1. The van der Waals surface area contributed by atoms with E-state index in [1.165, 1.54) is 17.3 Å². The number of anilines is 1. The molecular formula is C28H33N3O3S. The first-order valence-electron chi connectivity index (χ1n) is 12.2. The number of amidine groups is 1. The number of rotatable bonds is 6. The molecule has 2 aromatic rings. The summed E-state index contributed by atoms with van der Waals surface area (Å²) in [6, 6.07) is 15.8. The predicted octanol–water partition coefficient (Wildman–Crippen LogP) is 5.70. The predicted molar refractivity (Wildman–Crippen MR) is 144 cm³/mol. The van der Waals surface area contributed by atoms with Crippen molar-refractivity contribution in [3.05, 3.63) is 65.4 Å². The Hall–Kier alpha value is -3.06. The van der Waals surface area contributed by atoms with Crippen molar-refractivity contribution in [3.63, 3.8) is 0 Å². The molecule has 0 aliphatic carbocycles. The number of aliphatic imine (C=N–C) groups is 1. The Morgan fingerprint density at radius 1 is 1.20 bits per heavy atom. The third-order valence-corrected chi connectivity index (χ3v) is 7.42. The Morgan fingerprint density at radius 3 is 2.66 bits per heavy atom. The highest BCUT2D eigenvalue weighted by molar-refractivity contribution is 8.14. The number of benzene rings is 2. The van der Waals surface area contributed by atoms with E-state index in [0.717, 1.165) is 31.4 Å². The summed E-state index contributed by atoms with van der Waals surface area (Å²) < 4.78 is 5.37. The van der Waals surface area contributed by atoms with E-state index in [1.54, 1.807) is 12.0 Å². The van der Waals surface area contributed by atoms with E-state index in [4.69, 9.17) is 4.74 Å². The van der Waals surface area contributed by atoms with Gasteiger partial charge in [-0.1, -0.05) is 55.9 Å². The van der Waals surface area contributed by atoms with E-state index in [1.807, 2.05) is 47.4 Å². The van der Waals surface area contributed by atoms with Crippen molar-refractivity contribution < 1.29 is 14.3 Å². The van der Waals surface area contributed by atoms with Crippen LogP contribution in [0.2, 0.25) is 0 Å². The maximum atomic E-state index is 13.5. The largest absolute Gasteiger partial charge is 0.497 e. The van der Waals surface area contributed by atoms with Gasteiger partial charge in [0.15, 0.2) is 5.17 Å². The van der Waals surface area contributed by atoms with E-state index < -0.39 is 0 Å². The molecule has 1 saturated heterocycles. The van der Waals surface area contributed by atoms with Crippen molar-refractivity contribution in [2.45, 2.75) is 52.0 Å². The molecule has 2 aliphatic rings. The van der Waals surface area contributed by atoms with Crippen LogP contribution in [0.4, 0.5) is 5.69 Å². The van der Waals surface area contributed by atoms with Crippen molar-refractivity contribution in [3.8, 4) is 5.75 Å². The van der Waals surface area contributed by atoms with Gasteiger partial charge >= 0.3 is 0 Å². The molecule has 0 spiro atoms. The molecule has 1 fully saturated rings. The fourth-order valence-corrected chi connectivity index (χ4v) is 5.28. The molecule has 35 heavy (non-hydrogen) atoms. The molecular weight excluding hydrogens is 458 g/mol. The first kappa shape index (κ1) is 25.0. The van der Waals surface area contributed by atoms with E-state index in [0.29, 0.717) is 28.2 Å². The van der Waals surface area contributed by atoms with Gasteiger partial charge in [0.2, 0.25) is 5.91 Å². The molecule has 0 N–H and O–H groups in total. The van der Waals surface area contributed by atoms with Crippen molar-refractivity contribution in [1.82, 2.24) is 4.90 Å². The summed E-state index contributed by atoms with van der Waals surface area (Å²) in [5, 5.41) is 0.506. The average Bonchev–Trinajstić information content (AvgIpc) is 3.17. The molecule has 2 heterocycles. The van der Waals surface area contributed by atoms with Crippen LogP contribution in [0, 0.1) is 0 Å². The molecule has 4 rings (SSSR count). The van der Waals surface area contributed by atoms with Crippen LogP contribution in [0.25, 0.3) is 6.08 Å². The smallest absolute Gasteiger partial charge is 0.283 e. The zero-order valence-corrected chi connectivity index (χ0v) is 21.7. The number of hydrogen-bond donors (Lipinski definition) is 0. The minimum Gasteiger partial charge on any atom is -0.497 e. The molecule has 2 aliphatic heterocycles. The first-order chi connectivity index (χ1) is 16.9. The number of carbonyl (C=O) groups is 2. The van der Waals surface area contributed by atoms with Crippen molar-refractivity contribution in [1.29, 1.82) is 0 Å². The van der Waals surface area contributed by atoms with Crippen LogP contribution in [0.15, 0.2) is 59.2 Å². The van der Waals surface area contributed by atoms with Crippen LogP contribution in [-0.4, -0.2) is 47.3 Å². The quantitative estimate of drug-likeness (QED) is 0.487. The van der Waals surface area contributed by atoms with Crippen LogP contribution >= 0.6 is 11.8 Å². The maximum absolute atomic E-state index is 13.5. The van der Waals surface area contributed by atoms with Gasteiger partial charge in [-0.3, -0.25) is 14.5 Å². The number of nitrogens with zero attached hydrogens (tertiary/aromatic N) is 3.